The van der Waals surface area contributed by atoms with E-state index in [1.807, 2.05) is 0 Å². The standard InChI is InChI=1S/C14H11BrClF2NO2/c15-10-5-9(16)6-11(13(10)21-14(17)18)19-7-8-3-1-2-4-12(8)20/h1-6,14,19-20H,7H2. The smallest absolute Gasteiger partial charge is 0.387 e. The molecule has 0 amide bonds. The molecule has 2 N–H and O–H groups in total. The molecule has 0 radical (unpaired) electrons. The van der Waals surface area contributed by atoms with Crippen LogP contribution in [-0.4, -0.2) is 11.7 Å². The van der Waals surface area contributed by atoms with Crippen LogP contribution in [0.5, 0.6) is 11.5 Å². The zero-order valence-corrected chi connectivity index (χ0v) is 13.0. The molecular formula is C14H11BrClF2NO2. The molecule has 0 fully saturated rings. The molecule has 0 aliphatic carbocycles. The summed E-state index contributed by atoms with van der Waals surface area (Å²) in [6.07, 6.45) is 0. The highest BCUT2D eigenvalue weighted by Gasteiger charge is 2.15. The summed E-state index contributed by atoms with van der Waals surface area (Å²) in [5, 5.41) is 13.0. The minimum absolute atomic E-state index is 0.0372. The van der Waals surface area contributed by atoms with E-state index in [2.05, 4.69) is 26.0 Å². The Hall–Kier alpha value is -1.53. The number of phenolic OH excluding ortho intramolecular Hbond substituents is 1. The van der Waals surface area contributed by atoms with Gasteiger partial charge in [0.1, 0.15) is 5.75 Å². The van der Waals surface area contributed by atoms with Gasteiger partial charge in [0.2, 0.25) is 0 Å². The lowest BCUT2D eigenvalue weighted by molar-refractivity contribution is -0.0498. The predicted molar refractivity (Wildman–Crippen MR) is 81.2 cm³/mol. The molecule has 0 heterocycles. The molecule has 0 aliphatic rings. The van der Waals surface area contributed by atoms with Crippen molar-refractivity contribution >= 4 is 33.2 Å². The molecule has 7 heteroatoms. The number of alkyl halides is 2. The molecule has 0 aliphatic heterocycles. The number of hydrogen-bond donors (Lipinski definition) is 2. The molecule has 2 aromatic rings. The second kappa shape index (κ2) is 6.95. The third-order valence-corrected chi connectivity index (χ3v) is 3.48. The molecule has 0 spiro atoms. The highest BCUT2D eigenvalue weighted by atomic mass is 79.9. The highest BCUT2D eigenvalue weighted by Crippen LogP contribution is 2.38. The van der Waals surface area contributed by atoms with Gasteiger partial charge in [0.25, 0.3) is 0 Å². The quantitative estimate of drug-likeness (QED) is 0.767. The molecule has 0 atom stereocenters. The lowest BCUT2D eigenvalue weighted by Crippen LogP contribution is -2.07. The first-order chi connectivity index (χ1) is 9.97. The van der Waals surface area contributed by atoms with Crippen LogP contribution in [0.1, 0.15) is 5.56 Å². The number of para-hydroxylation sites is 1. The van der Waals surface area contributed by atoms with Crippen molar-refractivity contribution in [1.82, 2.24) is 0 Å². The van der Waals surface area contributed by atoms with Crippen molar-refractivity contribution in [2.75, 3.05) is 5.32 Å². The van der Waals surface area contributed by atoms with E-state index < -0.39 is 6.61 Å². The first-order valence-electron chi connectivity index (χ1n) is 5.92. The normalized spacial score (nSPS) is 10.7. The van der Waals surface area contributed by atoms with Crippen molar-refractivity contribution in [1.29, 1.82) is 0 Å². The molecule has 0 bridgehead atoms. The Kier molecular flexibility index (Phi) is 5.25. The van der Waals surface area contributed by atoms with Crippen molar-refractivity contribution in [3.63, 3.8) is 0 Å². The number of anilines is 1. The third-order valence-electron chi connectivity index (χ3n) is 2.68. The van der Waals surface area contributed by atoms with Gasteiger partial charge < -0.3 is 15.2 Å². The molecule has 2 rings (SSSR count). The van der Waals surface area contributed by atoms with Crippen LogP contribution in [0.2, 0.25) is 5.02 Å². The van der Waals surface area contributed by atoms with Crippen LogP contribution < -0.4 is 10.1 Å². The largest absolute Gasteiger partial charge is 0.508 e. The van der Waals surface area contributed by atoms with Crippen LogP contribution in [0, 0.1) is 0 Å². The van der Waals surface area contributed by atoms with Gasteiger partial charge in [-0.3, -0.25) is 0 Å². The fourth-order valence-corrected chi connectivity index (χ4v) is 2.65. The lowest BCUT2D eigenvalue weighted by Gasteiger charge is -2.15. The SMILES string of the molecule is Oc1ccccc1CNc1cc(Cl)cc(Br)c1OC(F)F. The van der Waals surface area contributed by atoms with E-state index in [9.17, 15) is 13.9 Å². The zero-order valence-electron chi connectivity index (χ0n) is 10.6. The second-order valence-electron chi connectivity index (χ2n) is 4.13. The monoisotopic (exact) mass is 377 g/mol. The van der Waals surface area contributed by atoms with Crippen LogP contribution in [0.3, 0.4) is 0 Å². The van der Waals surface area contributed by atoms with Gasteiger partial charge in [0.15, 0.2) is 5.75 Å². The zero-order chi connectivity index (χ0) is 15.4. The van der Waals surface area contributed by atoms with E-state index in [1.54, 1.807) is 24.3 Å². The summed E-state index contributed by atoms with van der Waals surface area (Å²) in [4.78, 5) is 0. The van der Waals surface area contributed by atoms with Crippen LogP contribution >= 0.6 is 27.5 Å². The fraction of sp³-hybridized carbons (Fsp3) is 0.143. The first kappa shape index (κ1) is 15.9. The Bertz CT molecular complexity index is 640. The third kappa shape index (κ3) is 4.22. The predicted octanol–water partition coefficient (Wildman–Crippen LogP) is 5.02. The molecule has 112 valence electrons. The van der Waals surface area contributed by atoms with Gasteiger partial charge in [-0.1, -0.05) is 29.8 Å². The summed E-state index contributed by atoms with van der Waals surface area (Å²) >= 11 is 9.04. The molecule has 0 saturated heterocycles. The van der Waals surface area contributed by atoms with Crippen LogP contribution in [-0.2, 0) is 6.54 Å². The maximum absolute atomic E-state index is 12.5. The van der Waals surface area contributed by atoms with Gasteiger partial charge in [0.05, 0.1) is 10.2 Å². The van der Waals surface area contributed by atoms with E-state index >= 15 is 0 Å². The maximum Gasteiger partial charge on any atom is 0.387 e. The Labute approximate surface area is 133 Å². The average molecular weight is 379 g/mol. The Morgan fingerprint density at radius 2 is 2.00 bits per heavy atom. The van der Waals surface area contributed by atoms with Gasteiger partial charge >= 0.3 is 6.61 Å². The summed E-state index contributed by atoms with van der Waals surface area (Å²) in [5.74, 6) is 0.0762. The molecule has 2 aromatic carbocycles. The van der Waals surface area contributed by atoms with Gasteiger partial charge in [-0.25, -0.2) is 0 Å². The first-order valence-corrected chi connectivity index (χ1v) is 7.09. The summed E-state index contributed by atoms with van der Waals surface area (Å²) in [5.41, 5.74) is 0.925. The van der Waals surface area contributed by atoms with Gasteiger partial charge in [-0.05, 0) is 34.1 Å². The molecule has 0 unspecified atom stereocenters. The number of nitrogens with one attached hydrogen (secondary N) is 1. The van der Waals surface area contributed by atoms with Crippen molar-refractivity contribution < 1.29 is 18.6 Å². The second-order valence-corrected chi connectivity index (χ2v) is 5.42. The van der Waals surface area contributed by atoms with Gasteiger partial charge in [0, 0.05) is 17.1 Å². The van der Waals surface area contributed by atoms with E-state index in [0.29, 0.717) is 20.7 Å². The molecule has 0 saturated carbocycles. The topological polar surface area (TPSA) is 41.5 Å². The number of aromatic hydroxyl groups is 1. The van der Waals surface area contributed by atoms with E-state index in [-0.39, 0.29) is 18.0 Å². The molecule has 0 aromatic heterocycles. The van der Waals surface area contributed by atoms with Gasteiger partial charge in [-0.15, -0.1) is 0 Å². The van der Waals surface area contributed by atoms with Crippen LogP contribution in [0.4, 0.5) is 14.5 Å². The maximum atomic E-state index is 12.5. The molecule has 21 heavy (non-hydrogen) atoms. The number of phenols is 1. The number of halogens is 4. The minimum atomic E-state index is -2.95. The van der Waals surface area contributed by atoms with E-state index in [1.165, 1.54) is 12.1 Å². The van der Waals surface area contributed by atoms with E-state index in [4.69, 9.17) is 11.6 Å². The highest BCUT2D eigenvalue weighted by molar-refractivity contribution is 9.10. The van der Waals surface area contributed by atoms with Crippen LogP contribution in [0.25, 0.3) is 0 Å². The Balaban J connectivity index is 2.24. The fourth-order valence-electron chi connectivity index (χ4n) is 1.75. The lowest BCUT2D eigenvalue weighted by atomic mass is 10.2. The van der Waals surface area contributed by atoms with Crippen molar-refractivity contribution in [2.45, 2.75) is 13.2 Å². The van der Waals surface area contributed by atoms with Crippen molar-refractivity contribution in [3.05, 3.63) is 51.5 Å². The van der Waals surface area contributed by atoms with Crippen LogP contribution in [0.15, 0.2) is 40.9 Å². The number of ether oxygens (including phenoxy) is 1. The average Bonchev–Trinajstić information content (AvgIpc) is 2.41. The molecular weight excluding hydrogens is 368 g/mol. The van der Waals surface area contributed by atoms with Crippen molar-refractivity contribution in [2.24, 2.45) is 0 Å². The summed E-state index contributed by atoms with van der Waals surface area (Å²) < 4.78 is 29.7. The molecule has 3 nitrogen and oxygen atoms in total. The van der Waals surface area contributed by atoms with Gasteiger partial charge in [-0.2, -0.15) is 8.78 Å². The van der Waals surface area contributed by atoms with Crippen molar-refractivity contribution in [3.8, 4) is 11.5 Å². The Morgan fingerprint density at radius 1 is 1.29 bits per heavy atom. The summed E-state index contributed by atoms with van der Waals surface area (Å²) in [6.45, 7) is -2.72. The minimum Gasteiger partial charge on any atom is -0.508 e. The number of rotatable bonds is 5. The number of hydrogen-bond acceptors (Lipinski definition) is 3. The summed E-state index contributed by atoms with van der Waals surface area (Å²) in [7, 11) is 0. The number of benzene rings is 2. The van der Waals surface area contributed by atoms with E-state index in [0.717, 1.165) is 0 Å². The Morgan fingerprint density at radius 3 is 2.67 bits per heavy atom. The summed E-state index contributed by atoms with van der Waals surface area (Å²) in [6, 6.07) is 9.66.